The lowest BCUT2D eigenvalue weighted by Crippen LogP contribution is -2.55. The zero-order chi connectivity index (χ0) is 56.4. The Morgan fingerprint density at radius 1 is 0.500 bits per heavy atom. The number of hydrogen-bond donors (Lipinski definition) is 7. The van der Waals surface area contributed by atoms with Crippen molar-refractivity contribution in [3.8, 4) is 0 Å². The maximum atomic E-state index is 15.3. The molecule has 3 atom stereocenters. The predicted octanol–water partition coefficient (Wildman–Crippen LogP) is 4.49. The average molecular weight is 1070 g/mol. The second kappa shape index (κ2) is 32.5. The van der Waals surface area contributed by atoms with Crippen LogP contribution in [0.15, 0.2) is 109 Å². The summed E-state index contributed by atoms with van der Waals surface area (Å²) >= 11 is 0. The van der Waals surface area contributed by atoms with Gasteiger partial charge in [0, 0.05) is 26.2 Å². The quantitative estimate of drug-likeness (QED) is 0.0282. The molecule has 0 bridgehead atoms. The normalized spacial score (nSPS) is 12.3. The molecular formula is C60H83N11O7. The van der Waals surface area contributed by atoms with Gasteiger partial charge < -0.3 is 58.9 Å². The van der Waals surface area contributed by atoms with Crippen LogP contribution in [-0.2, 0) is 53.2 Å². The van der Waals surface area contributed by atoms with Gasteiger partial charge in [-0.05, 0) is 123 Å². The van der Waals surface area contributed by atoms with Gasteiger partial charge >= 0.3 is 0 Å². The molecule has 18 nitrogen and oxygen atoms in total. The molecule has 0 aliphatic rings. The van der Waals surface area contributed by atoms with Crippen molar-refractivity contribution in [2.24, 2.45) is 28.7 Å². The van der Waals surface area contributed by atoms with Crippen molar-refractivity contribution in [1.82, 2.24) is 30.2 Å². The van der Waals surface area contributed by atoms with Crippen molar-refractivity contribution in [3.63, 3.8) is 0 Å². The summed E-state index contributed by atoms with van der Waals surface area (Å²) in [4.78, 5) is 106. The first-order valence-electron chi connectivity index (χ1n) is 27.5. The van der Waals surface area contributed by atoms with E-state index in [2.05, 4.69) is 10.6 Å². The van der Waals surface area contributed by atoms with Gasteiger partial charge in [-0.2, -0.15) is 0 Å². The SMILES string of the molecule is CCCCN(CC(N)=O)C(=O)[C@H](CCCCN)NC(=O)CN(Cc1cccc2ccccc12)C(=O)CN(Cc1ccc(C)cc1)C(=O)CN(Cc1cccc2ccccc12)C(=O)[C@H](CCCCN)NC(=O)[C@@H](N)CCCCN. The zero-order valence-electron chi connectivity index (χ0n) is 45.7. The largest absolute Gasteiger partial charge is 0.368 e. The van der Waals surface area contributed by atoms with E-state index in [4.69, 9.17) is 28.7 Å². The molecular weight excluding hydrogens is 987 g/mol. The molecule has 0 aliphatic heterocycles. The van der Waals surface area contributed by atoms with Gasteiger partial charge in [-0.15, -0.1) is 0 Å². The molecule has 5 aromatic carbocycles. The highest BCUT2D eigenvalue weighted by Gasteiger charge is 2.33. The smallest absolute Gasteiger partial charge is 0.245 e. The van der Waals surface area contributed by atoms with Crippen molar-refractivity contribution < 1.29 is 33.6 Å². The van der Waals surface area contributed by atoms with Crippen LogP contribution in [0.1, 0.15) is 99.8 Å². The summed E-state index contributed by atoms with van der Waals surface area (Å²) in [6.07, 6.45) is 5.68. The number of amides is 7. The fourth-order valence-electron chi connectivity index (χ4n) is 9.47. The molecule has 0 aromatic heterocycles. The Morgan fingerprint density at radius 3 is 1.51 bits per heavy atom. The van der Waals surface area contributed by atoms with E-state index in [0.29, 0.717) is 76.6 Å². The van der Waals surface area contributed by atoms with E-state index in [1.165, 1.54) is 19.6 Å². The first-order valence-corrected chi connectivity index (χ1v) is 27.5. The number of nitrogens with one attached hydrogen (secondary N) is 2. The van der Waals surface area contributed by atoms with Gasteiger partial charge in [0.15, 0.2) is 0 Å². The standard InChI is InChI=1S/C60H83N11O7/c1-3-4-35-68(39-54(65)72)59(77)52(26-10-13-33-62)66-55(73)40-70(37-47-21-15-19-45-17-5-7-23-49(45)47)56(74)41-69(36-44-30-28-43(2)29-31-44)57(75)42-71(38-48-22-16-20-46-18-6-8-24-50(46)48)60(78)53(27-11-14-34-63)67-58(76)51(64)25-9-12-32-61/h5-8,15-24,28-31,51-53H,3-4,9-14,25-27,32-42,61-64H2,1-2H3,(H2,65,72)(H,66,73)(H,67,76)/t51-,52-,53-/m0/s1. The molecule has 0 radical (unpaired) electrons. The Morgan fingerprint density at radius 2 is 0.974 bits per heavy atom. The minimum absolute atomic E-state index is 0.0160. The van der Waals surface area contributed by atoms with Crippen LogP contribution in [0.3, 0.4) is 0 Å². The number of carbonyl (C=O) groups is 7. The molecule has 78 heavy (non-hydrogen) atoms. The van der Waals surface area contributed by atoms with E-state index in [-0.39, 0.29) is 45.6 Å². The van der Waals surface area contributed by atoms with E-state index in [9.17, 15) is 19.2 Å². The molecule has 5 aromatic rings. The predicted molar refractivity (Wildman–Crippen MR) is 307 cm³/mol. The maximum absolute atomic E-state index is 15.3. The molecule has 420 valence electrons. The molecule has 7 amide bonds. The summed E-state index contributed by atoms with van der Waals surface area (Å²) < 4.78 is 0. The number of carbonyl (C=O) groups excluding carboxylic acids is 7. The number of rotatable bonds is 34. The summed E-state index contributed by atoms with van der Waals surface area (Å²) in [7, 11) is 0. The summed E-state index contributed by atoms with van der Waals surface area (Å²) in [5.74, 6) is -3.94. The van der Waals surface area contributed by atoms with Crippen LogP contribution in [0.2, 0.25) is 0 Å². The van der Waals surface area contributed by atoms with E-state index in [0.717, 1.165) is 44.7 Å². The molecule has 0 fully saturated rings. The molecule has 12 N–H and O–H groups in total. The fourth-order valence-corrected chi connectivity index (χ4v) is 9.47. The molecule has 0 unspecified atom stereocenters. The Balaban J connectivity index is 1.54. The maximum Gasteiger partial charge on any atom is 0.245 e. The Labute approximate surface area is 459 Å². The van der Waals surface area contributed by atoms with Gasteiger partial charge in [0.2, 0.25) is 41.4 Å². The van der Waals surface area contributed by atoms with Gasteiger partial charge in [0.05, 0.1) is 19.1 Å². The number of benzene rings is 5. The van der Waals surface area contributed by atoms with Crippen LogP contribution >= 0.6 is 0 Å². The molecule has 0 aliphatic carbocycles. The Hall–Kier alpha value is -7.25. The van der Waals surface area contributed by atoms with Gasteiger partial charge in [-0.25, -0.2) is 0 Å². The Kier molecular flexibility index (Phi) is 25.7. The van der Waals surface area contributed by atoms with Crippen LogP contribution in [0, 0.1) is 6.92 Å². The van der Waals surface area contributed by atoms with Crippen LogP contribution < -0.4 is 39.3 Å². The number of fused-ring (bicyclic) bond motifs is 2. The van der Waals surface area contributed by atoms with Crippen molar-refractivity contribution >= 4 is 62.9 Å². The third-order valence-corrected chi connectivity index (χ3v) is 13.9. The van der Waals surface area contributed by atoms with Crippen LogP contribution in [0.5, 0.6) is 0 Å². The summed E-state index contributed by atoms with van der Waals surface area (Å²) in [6.45, 7) is 3.46. The van der Waals surface area contributed by atoms with Crippen molar-refractivity contribution in [3.05, 3.63) is 131 Å². The van der Waals surface area contributed by atoms with Crippen molar-refractivity contribution in [1.29, 1.82) is 0 Å². The second-order valence-electron chi connectivity index (χ2n) is 20.2. The average Bonchev–Trinajstić information content (AvgIpc) is 3.47. The number of primary amides is 1. The fraction of sp³-hybridized carbons (Fsp3) is 0.450. The number of hydrogen-bond acceptors (Lipinski definition) is 11. The molecule has 5 rings (SSSR count). The highest BCUT2D eigenvalue weighted by atomic mass is 16.2. The van der Waals surface area contributed by atoms with Crippen molar-refractivity contribution in [2.45, 2.75) is 122 Å². The lowest BCUT2D eigenvalue weighted by atomic mass is 10.0. The van der Waals surface area contributed by atoms with Gasteiger partial charge in [-0.1, -0.05) is 135 Å². The van der Waals surface area contributed by atoms with E-state index in [1.54, 1.807) is 0 Å². The molecule has 0 heterocycles. The second-order valence-corrected chi connectivity index (χ2v) is 20.2. The lowest BCUT2D eigenvalue weighted by molar-refractivity contribution is -0.147. The molecule has 0 saturated heterocycles. The van der Waals surface area contributed by atoms with E-state index < -0.39 is 79.1 Å². The highest BCUT2D eigenvalue weighted by Crippen LogP contribution is 2.23. The van der Waals surface area contributed by atoms with E-state index >= 15 is 14.4 Å². The highest BCUT2D eigenvalue weighted by molar-refractivity contribution is 5.95. The van der Waals surface area contributed by atoms with E-state index in [1.807, 2.05) is 123 Å². The minimum Gasteiger partial charge on any atom is -0.368 e. The Bertz CT molecular complexity index is 2750. The summed E-state index contributed by atoms with van der Waals surface area (Å²) in [5.41, 5.74) is 32.5. The first kappa shape index (κ1) is 61.6. The summed E-state index contributed by atoms with van der Waals surface area (Å²) in [5, 5.41) is 9.36. The summed E-state index contributed by atoms with van der Waals surface area (Å²) in [6, 6.07) is 31.4. The molecule has 18 heteroatoms. The lowest BCUT2D eigenvalue weighted by Gasteiger charge is -2.32. The third kappa shape index (κ3) is 19.3. The third-order valence-electron chi connectivity index (χ3n) is 13.9. The zero-order valence-corrected chi connectivity index (χ0v) is 45.7. The number of aryl methyl sites for hydroxylation is 1. The van der Waals surface area contributed by atoms with Crippen LogP contribution in [0.25, 0.3) is 21.5 Å². The van der Waals surface area contributed by atoms with Crippen LogP contribution in [0.4, 0.5) is 0 Å². The van der Waals surface area contributed by atoms with Gasteiger partial charge in [0.25, 0.3) is 0 Å². The topological polar surface area (TPSA) is 287 Å². The first-order chi connectivity index (χ1) is 37.6. The number of nitrogens with zero attached hydrogens (tertiary/aromatic N) is 4. The number of nitrogens with two attached hydrogens (primary N) is 5. The van der Waals surface area contributed by atoms with Crippen LogP contribution in [-0.4, -0.2) is 131 Å². The van der Waals surface area contributed by atoms with Gasteiger partial charge in [-0.3, -0.25) is 33.6 Å². The monoisotopic (exact) mass is 1070 g/mol. The minimum atomic E-state index is -1.06. The van der Waals surface area contributed by atoms with Gasteiger partial charge in [0.1, 0.15) is 25.2 Å². The molecule has 0 saturated carbocycles. The van der Waals surface area contributed by atoms with Crippen molar-refractivity contribution in [2.75, 3.05) is 52.4 Å². The number of unbranched alkanes of at least 4 members (excludes halogenated alkanes) is 4. The molecule has 0 spiro atoms.